The molecule has 1 saturated heterocycles. The van der Waals surface area contributed by atoms with Gasteiger partial charge in [0.1, 0.15) is 17.2 Å². The van der Waals surface area contributed by atoms with Crippen molar-refractivity contribution in [2.45, 2.75) is 50.7 Å². The second kappa shape index (κ2) is 6.69. The zero-order valence-electron chi connectivity index (χ0n) is 19.1. The maximum atomic E-state index is 14.2. The summed E-state index contributed by atoms with van der Waals surface area (Å²) in [5, 5.41) is 2.59. The van der Waals surface area contributed by atoms with Gasteiger partial charge in [0.15, 0.2) is 17.7 Å². The first-order valence-corrected chi connectivity index (χ1v) is 11.8. The van der Waals surface area contributed by atoms with Crippen LogP contribution in [-0.4, -0.2) is 46.8 Å². The fraction of sp³-hybridized carbons (Fsp3) is 0.480. The molecular formula is C25H23F2N3O5. The fourth-order valence-corrected chi connectivity index (χ4v) is 6.91. The lowest BCUT2D eigenvalue weighted by Crippen LogP contribution is -2.62. The highest BCUT2D eigenvalue weighted by atomic mass is 19.1. The largest absolute Gasteiger partial charge is 0.491 e. The van der Waals surface area contributed by atoms with Gasteiger partial charge in [-0.15, -0.1) is 0 Å². The first-order valence-electron chi connectivity index (χ1n) is 11.8. The lowest BCUT2D eigenvalue weighted by Gasteiger charge is -2.50. The van der Waals surface area contributed by atoms with Crippen LogP contribution in [-0.2, 0) is 11.3 Å². The molecule has 1 aromatic carbocycles. The van der Waals surface area contributed by atoms with Gasteiger partial charge >= 0.3 is 0 Å². The van der Waals surface area contributed by atoms with E-state index in [1.54, 1.807) is 9.47 Å². The van der Waals surface area contributed by atoms with Gasteiger partial charge in [-0.05, 0) is 37.7 Å². The van der Waals surface area contributed by atoms with Gasteiger partial charge in [-0.3, -0.25) is 14.4 Å². The summed E-state index contributed by atoms with van der Waals surface area (Å²) in [5.74, 6) is -1.56. The number of nitrogens with zero attached hydrogens (tertiary/aromatic N) is 2. The number of halogens is 2. The predicted molar refractivity (Wildman–Crippen MR) is 117 cm³/mol. The smallest absolute Gasteiger partial charge is 0.276 e. The van der Waals surface area contributed by atoms with Crippen molar-refractivity contribution in [2.75, 3.05) is 7.11 Å². The first-order chi connectivity index (χ1) is 16.8. The number of benzene rings is 1. The topological polar surface area (TPSA) is 89.9 Å². The zero-order chi connectivity index (χ0) is 24.4. The average Bonchev–Trinajstić information content (AvgIpc) is 3.70. The monoisotopic (exact) mass is 483 g/mol. The van der Waals surface area contributed by atoms with Crippen molar-refractivity contribution in [3.8, 4) is 5.75 Å². The van der Waals surface area contributed by atoms with Crippen molar-refractivity contribution >= 4 is 11.8 Å². The molecule has 4 fully saturated rings. The Hall–Kier alpha value is -3.27. The molecule has 2 aliphatic heterocycles. The van der Waals surface area contributed by atoms with Gasteiger partial charge in [0.2, 0.25) is 5.43 Å². The number of methoxy groups -OCH3 is 1. The molecule has 1 aromatic heterocycles. The standard InChI is InChI=1S/C25H23F2N3O5/c1-10(12-4-3-11(26)5-16(12)27)28-23(32)14-8-29-9-18-30(24(33)19(29)21(34-2)20(14)31)17-7-25(17)15-6-13(15)22(25)35-18/h3-5,8,10,13,15,17-18,22H,6-7,9H2,1-2H3,(H,28,32)/t10-,13-,15+,17?,18-,22?,25-/m1/s1. The van der Waals surface area contributed by atoms with E-state index in [1.807, 2.05) is 0 Å². The number of aromatic nitrogens is 1. The molecule has 3 aliphatic carbocycles. The van der Waals surface area contributed by atoms with Crippen molar-refractivity contribution in [1.82, 2.24) is 14.8 Å². The number of hydrogen-bond acceptors (Lipinski definition) is 5. The molecule has 182 valence electrons. The van der Waals surface area contributed by atoms with Crippen LogP contribution in [0.15, 0.2) is 29.2 Å². The molecule has 2 aromatic rings. The minimum atomic E-state index is -0.832. The number of rotatable bonds is 4. The van der Waals surface area contributed by atoms with Crippen molar-refractivity contribution in [2.24, 2.45) is 17.3 Å². The number of fused-ring (bicyclic) bond motifs is 5. The van der Waals surface area contributed by atoms with E-state index in [1.165, 1.54) is 26.3 Å². The lowest BCUT2D eigenvalue weighted by molar-refractivity contribution is -0.202. The van der Waals surface area contributed by atoms with E-state index >= 15 is 0 Å². The molecule has 0 bridgehead atoms. The van der Waals surface area contributed by atoms with Crippen LogP contribution in [0, 0.1) is 28.9 Å². The molecule has 5 aliphatic rings. The molecule has 3 saturated carbocycles. The quantitative estimate of drug-likeness (QED) is 0.721. The molecule has 2 amide bonds. The molecule has 1 spiro atoms. The minimum absolute atomic E-state index is 0.0815. The number of ether oxygens (including phenoxy) is 2. The van der Waals surface area contributed by atoms with Crippen LogP contribution >= 0.6 is 0 Å². The maximum Gasteiger partial charge on any atom is 0.276 e. The SMILES string of the molecule is COc1c2n(cc(C(=O)N[C@H](C)c3ccc(F)cc3F)c1=O)C[C@H]1OC3[C@@H]4C[C@@H]4[C@@]34CC4N1C2=O. The molecule has 3 heterocycles. The molecule has 7 rings (SSSR count). The summed E-state index contributed by atoms with van der Waals surface area (Å²) in [6.07, 6.45) is 3.16. The summed E-state index contributed by atoms with van der Waals surface area (Å²) >= 11 is 0. The van der Waals surface area contributed by atoms with Crippen LogP contribution < -0.4 is 15.5 Å². The zero-order valence-corrected chi connectivity index (χ0v) is 19.1. The summed E-state index contributed by atoms with van der Waals surface area (Å²) < 4.78 is 40.7. The Labute approximate surface area is 198 Å². The summed E-state index contributed by atoms with van der Waals surface area (Å²) in [6.45, 7) is 1.81. The average molecular weight is 483 g/mol. The van der Waals surface area contributed by atoms with Gasteiger partial charge in [0, 0.05) is 29.3 Å². The van der Waals surface area contributed by atoms with Gasteiger partial charge < -0.3 is 24.3 Å². The van der Waals surface area contributed by atoms with E-state index in [0.717, 1.165) is 25.0 Å². The molecule has 7 atom stereocenters. The third-order valence-corrected chi connectivity index (χ3v) is 8.66. The van der Waals surface area contributed by atoms with Gasteiger partial charge in [-0.25, -0.2) is 8.78 Å². The number of carbonyl (C=O) groups excluding carboxylic acids is 2. The molecule has 1 N–H and O–H groups in total. The van der Waals surface area contributed by atoms with E-state index in [0.29, 0.717) is 11.8 Å². The summed E-state index contributed by atoms with van der Waals surface area (Å²) in [5.41, 5.74) is -0.666. The summed E-state index contributed by atoms with van der Waals surface area (Å²) in [7, 11) is 1.29. The van der Waals surface area contributed by atoms with Crippen LogP contribution in [0.25, 0.3) is 0 Å². The summed E-state index contributed by atoms with van der Waals surface area (Å²) in [4.78, 5) is 41.6. The van der Waals surface area contributed by atoms with E-state index in [-0.39, 0.29) is 52.6 Å². The van der Waals surface area contributed by atoms with Crippen molar-refractivity contribution in [3.05, 3.63) is 63.1 Å². The van der Waals surface area contributed by atoms with Crippen LogP contribution in [0.3, 0.4) is 0 Å². The molecular weight excluding hydrogens is 460 g/mol. The molecule has 2 unspecified atom stereocenters. The predicted octanol–water partition coefficient (Wildman–Crippen LogP) is 2.22. The van der Waals surface area contributed by atoms with Crippen LogP contribution in [0.4, 0.5) is 8.78 Å². The van der Waals surface area contributed by atoms with Gasteiger partial charge in [-0.1, -0.05) is 6.07 Å². The molecule has 8 nitrogen and oxygen atoms in total. The number of pyridine rings is 1. The Morgan fingerprint density at radius 3 is 2.86 bits per heavy atom. The van der Waals surface area contributed by atoms with Crippen LogP contribution in [0.1, 0.15) is 52.2 Å². The van der Waals surface area contributed by atoms with E-state index in [2.05, 4.69) is 5.32 Å². The van der Waals surface area contributed by atoms with E-state index in [4.69, 9.17) is 9.47 Å². The number of amides is 2. The number of nitrogens with one attached hydrogen (secondary N) is 1. The second-order valence-corrected chi connectivity index (χ2v) is 10.3. The number of carbonyl (C=O) groups is 2. The second-order valence-electron chi connectivity index (χ2n) is 10.3. The minimum Gasteiger partial charge on any atom is -0.491 e. The highest BCUT2D eigenvalue weighted by Crippen LogP contribution is 2.81. The Bertz CT molecular complexity index is 1390. The van der Waals surface area contributed by atoms with Crippen molar-refractivity contribution in [3.63, 3.8) is 0 Å². The van der Waals surface area contributed by atoms with E-state index < -0.39 is 35.2 Å². The lowest BCUT2D eigenvalue weighted by atomic mass is 9.76. The Kier molecular flexibility index (Phi) is 4.02. The highest BCUT2D eigenvalue weighted by Gasteiger charge is 2.85. The van der Waals surface area contributed by atoms with Gasteiger partial charge in [0.25, 0.3) is 11.8 Å². The normalized spacial score (nSPS) is 33.8. The third-order valence-electron chi connectivity index (χ3n) is 8.66. The van der Waals surface area contributed by atoms with E-state index in [9.17, 15) is 23.2 Å². The maximum absolute atomic E-state index is 14.2. The molecule has 10 heteroatoms. The third kappa shape index (κ3) is 2.60. The first kappa shape index (κ1) is 21.0. The molecule has 35 heavy (non-hydrogen) atoms. The van der Waals surface area contributed by atoms with Gasteiger partial charge in [-0.2, -0.15) is 0 Å². The van der Waals surface area contributed by atoms with Crippen LogP contribution in [0.5, 0.6) is 5.75 Å². The van der Waals surface area contributed by atoms with Gasteiger partial charge in [0.05, 0.1) is 25.8 Å². The Morgan fingerprint density at radius 2 is 2.11 bits per heavy atom. The Morgan fingerprint density at radius 1 is 1.31 bits per heavy atom. The Balaban J connectivity index is 1.22. The van der Waals surface area contributed by atoms with Crippen molar-refractivity contribution < 1.29 is 27.8 Å². The molecule has 0 radical (unpaired) electrons. The highest BCUT2D eigenvalue weighted by molar-refractivity contribution is 5.99. The summed E-state index contributed by atoms with van der Waals surface area (Å²) in [6, 6.07) is 2.37. The van der Waals surface area contributed by atoms with Crippen molar-refractivity contribution in [1.29, 1.82) is 0 Å². The van der Waals surface area contributed by atoms with Crippen LogP contribution in [0.2, 0.25) is 0 Å². The number of hydrogen-bond donors (Lipinski definition) is 1. The fourth-order valence-electron chi connectivity index (χ4n) is 6.91.